The van der Waals surface area contributed by atoms with E-state index in [2.05, 4.69) is 11.1 Å². The Bertz CT molecular complexity index is 470. The van der Waals surface area contributed by atoms with Crippen molar-refractivity contribution in [1.82, 2.24) is 4.98 Å². The number of nitrogens with zero attached hydrogens (tertiary/aromatic N) is 1. The Balaban J connectivity index is 2.05. The van der Waals surface area contributed by atoms with E-state index in [1.807, 2.05) is 29.8 Å². The van der Waals surface area contributed by atoms with Crippen molar-refractivity contribution in [3.63, 3.8) is 0 Å². The van der Waals surface area contributed by atoms with Gasteiger partial charge >= 0.3 is 0 Å². The van der Waals surface area contributed by atoms with Gasteiger partial charge in [0.25, 0.3) is 0 Å². The highest BCUT2D eigenvalue weighted by Crippen LogP contribution is 2.22. The second-order valence-electron chi connectivity index (χ2n) is 4.25. The van der Waals surface area contributed by atoms with Crippen molar-refractivity contribution in [2.75, 3.05) is 13.7 Å². The molecule has 1 atom stereocenters. The summed E-state index contributed by atoms with van der Waals surface area (Å²) in [6.45, 7) is 0.664. The first kappa shape index (κ1) is 13.1. The van der Waals surface area contributed by atoms with E-state index in [1.165, 1.54) is 5.56 Å². The van der Waals surface area contributed by atoms with E-state index < -0.39 is 0 Å². The Kier molecular flexibility index (Phi) is 4.73. The zero-order valence-electron chi connectivity index (χ0n) is 10.5. The van der Waals surface area contributed by atoms with Gasteiger partial charge in [-0.2, -0.15) is 0 Å². The number of ether oxygens (including phenoxy) is 1. The topological polar surface area (TPSA) is 48.1 Å². The molecule has 1 aromatic carbocycles. The summed E-state index contributed by atoms with van der Waals surface area (Å²) in [5.74, 6) is 1.35. The van der Waals surface area contributed by atoms with Gasteiger partial charge in [-0.25, -0.2) is 4.98 Å². The lowest BCUT2D eigenvalue weighted by Gasteiger charge is -2.15. The second-order valence-corrected chi connectivity index (χ2v) is 5.23. The lowest BCUT2D eigenvalue weighted by atomic mass is 9.96. The van der Waals surface area contributed by atoms with Crippen LogP contribution in [0.25, 0.3) is 0 Å². The number of hydrogen-bond donors (Lipinski definition) is 1. The van der Waals surface area contributed by atoms with Crippen molar-refractivity contribution in [1.29, 1.82) is 0 Å². The molecule has 0 aliphatic rings. The van der Waals surface area contributed by atoms with Crippen molar-refractivity contribution < 1.29 is 4.74 Å². The summed E-state index contributed by atoms with van der Waals surface area (Å²) in [7, 11) is 1.71. The normalized spacial score (nSPS) is 12.3. The van der Waals surface area contributed by atoms with E-state index in [0.29, 0.717) is 12.5 Å². The molecule has 0 amide bonds. The largest absolute Gasteiger partial charge is 0.496 e. The fourth-order valence-corrected chi connectivity index (χ4v) is 2.75. The van der Waals surface area contributed by atoms with E-state index >= 15 is 0 Å². The molecule has 0 saturated heterocycles. The minimum atomic E-state index is 0.410. The number of aromatic nitrogens is 1. The SMILES string of the molecule is COc1ccccc1CC(CN)Cc1nccs1. The highest BCUT2D eigenvalue weighted by atomic mass is 32.1. The summed E-state index contributed by atoms with van der Waals surface area (Å²) in [4.78, 5) is 4.32. The third-order valence-corrected chi connectivity index (χ3v) is 3.78. The molecule has 2 rings (SSSR count). The van der Waals surface area contributed by atoms with Crippen molar-refractivity contribution >= 4 is 11.3 Å². The van der Waals surface area contributed by atoms with Gasteiger partial charge in [0.05, 0.1) is 12.1 Å². The van der Waals surface area contributed by atoms with Crippen LogP contribution in [-0.4, -0.2) is 18.6 Å². The van der Waals surface area contributed by atoms with E-state index in [9.17, 15) is 0 Å². The van der Waals surface area contributed by atoms with Crippen LogP contribution >= 0.6 is 11.3 Å². The van der Waals surface area contributed by atoms with Crippen LogP contribution in [0.4, 0.5) is 0 Å². The fourth-order valence-electron chi connectivity index (χ4n) is 2.02. The van der Waals surface area contributed by atoms with Crippen LogP contribution in [0.15, 0.2) is 35.8 Å². The van der Waals surface area contributed by atoms with Crippen molar-refractivity contribution in [3.05, 3.63) is 46.4 Å². The maximum absolute atomic E-state index is 5.86. The first-order valence-electron chi connectivity index (χ1n) is 6.03. The molecule has 18 heavy (non-hydrogen) atoms. The zero-order valence-corrected chi connectivity index (χ0v) is 11.3. The Morgan fingerprint density at radius 2 is 2.17 bits per heavy atom. The van der Waals surface area contributed by atoms with Gasteiger partial charge in [0.2, 0.25) is 0 Å². The molecule has 0 radical (unpaired) electrons. The molecular weight excluding hydrogens is 244 g/mol. The predicted molar refractivity (Wildman–Crippen MR) is 75.1 cm³/mol. The molecule has 0 fully saturated rings. The van der Waals surface area contributed by atoms with E-state index in [1.54, 1.807) is 18.4 Å². The predicted octanol–water partition coefficient (Wildman–Crippen LogP) is 2.51. The summed E-state index contributed by atoms with van der Waals surface area (Å²) in [5, 5.41) is 3.16. The Morgan fingerprint density at radius 3 is 2.83 bits per heavy atom. The lowest BCUT2D eigenvalue weighted by Crippen LogP contribution is -2.19. The molecule has 0 aliphatic heterocycles. The van der Waals surface area contributed by atoms with Gasteiger partial charge in [-0.1, -0.05) is 18.2 Å². The average molecular weight is 262 g/mol. The number of methoxy groups -OCH3 is 1. The summed E-state index contributed by atoms with van der Waals surface area (Å²) < 4.78 is 5.37. The number of rotatable bonds is 6. The molecule has 3 nitrogen and oxygen atoms in total. The molecule has 4 heteroatoms. The maximum atomic E-state index is 5.86. The van der Waals surface area contributed by atoms with Crippen LogP contribution in [0.3, 0.4) is 0 Å². The smallest absolute Gasteiger partial charge is 0.122 e. The summed E-state index contributed by atoms with van der Waals surface area (Å²) >= 11 is 1.69. The number of hydrogen-bond acceptors (Lipinski definition) is 4. The van der Waals surface area contributed by atoms with Crippen molar-refractivity contribution in [3.8, 4) is 5.75 Å². The molecule has 0 aliphatic carbocycles. The van der Waals surface area contributed by atoms with Gasteiger partial charge in [0, 0.05) is 18.0 Å². The van der Waals surface area contributed by atoms with Crippen LogP contribution < -0.4 is 10.5 Å². The monoisotopic (exact) mass is 262 g/mol. The van der Waals surface area contributed by atoms with E-state index in [0.717, 1.165) is 23.6 Å². The van der Waals surface area contributed by atoms with E-state index in [-0.39, 0.29) is 0 Å². The van der Waals surface area contributed by atoms with Crippen molar-refractivity contribution in [2.45, 2.75) is 12.8 Å². The minimum Gasteiger partial charge on any atom is -0.496 e. The number of thiazole rings is 1. The molecule has 2 aromatic rings. The van der Waals surface area contributed by atoms with Crippen molar-refractivity contribution in [2.24, 2.45) is 11.7 Å². The Hall–Kier alpha value is -1.39. The van der Waals surface area contributed by atoms with Gasteiger partial charge in [0.1, 0.15) is 5.75 Å². The van der Waals surface area contributed by atoms with Crippen LogP contribution in [0.5, 0.6) is 5.75 Å². The standard InChI is InChI=1S/C14H18N2OS/c1-17-13-5-3-2-4-12(13)8-11(10-15)9-14-16-6-7-18-14/h2-7,11H,8-10,15H2,1H3. The minimum absolute atomic E-state index is 0.410. The summed E-state index contributed by atoms with van der Waals surface area (Å²) in [6, 6.07) is 8.12. The highest BCUT2D eigenvalue weighted by molar-refractivity contribution is 7.09. The van der Waals surface area contributed by atoms with Crippen LogP contribution in [0, 0.1) is 5.92 Å². The van der Waals surface area contributed by atoms with Gasteiger partial charge in [-0.05, 0) is 30.5 Å². The molecular formula is C14H18N2OS. The number of benzene rings is 1. The lowest BCUT2D eigenvalue weighted by molar-refractivity contribution is 0.404. The first-order chi connectivity index (χ1) is 8.83. The van der Waals surface area contributed by atoms with E-state index in [4.69, 9.17) is 10.5 Å². The highest BCUT2D eigenvalue weighted by Gasteiger charge is 2.13. The Labute approximate surface area is 112 Å². The van der Waals surface area contributed by atoms with Gasteiger partial charge < -0.3 is 10.5 Å². The molecule has 0 saturated carbocycles. The molecule has 2 N–H and O–H groups in total. The van der Waals surface area contributed by atoms with Gasteiger partial charge in [-0.3, -0.25) is 0 Å². The maximum Gasteiger partial charge on any atom is 0.122 e. The molecule has 96 valence electrons. The second kappa shape index (κ2) is 6.52. The average Bonchev–Trinajstić information content (AvgIpc) is 2.91. The first-order valence-corrected chi connectivity index (χ1v) is 6.91. The van der Waals surface area contributed by atoms with Crippen LogP contribution in [0.1, 0.15) is 10.6 Å². The van der Waals surface area contributed by atoms with Gasteiger partial charge in [-0.15, -0.1) is 11.3 Å². The van der Waals surface area contributed by atoms with Gasteiger partial charge in [0.15, 0.2) is 0 Å². The van der Waals surface area contributed by atoms with Crippen LogP contribution in [-0.2, 0) is 12.8 Å². The van der Waals surface area contributed by atoms with Crippen LogP contribution in [0.2, 0.25) is 0 Å². The molecule has 1 heterocycles. The molecule has 1 aromatic heterocycles. The molecule has 0 spiro atoms. The fraction of sp³-hybridized carbons (Fsp3) is 0.357. The third-order valence-electron chi connectivity index (χ3n) is 2.98. The number of para-hydroxylation sites is 1. The summed E-state index contributed by atoms with van der Waals surface area (Å²) in [5.41, 5.74) is 7.08. The zero-order chi connectivity index (χ0) is 12.8. The quantitative estimate of drug-likeness (QED) is 0.870. The molecule has 0 bridgehead atoms. The Morgan fingerprint density at radius 1 is 1.33 bits per heavy atom. The molecule has 1 unspecified atom stereocenters. The summed E-state index contributed by atoms with van der Waals surface area (Å²) in [6.07, 6.45) is 3.71. The number of nitrogens with two attached hydrogens (primary N) is 1. The third kappa shape index (κ3) is 3.31.